The minimum atomic E-state index is -0.395. The molecule has 1 aromatic carbocycles. The number of non-ortho nitro benzene ring substituents is 1. The number of rotatable bonds is 4. The Balaban J connectivity index is 1.77. The molecule has 1 saturated heterocycles. The van der Waals surface area contributed by atoms with Crippen LogP contribution >= 0.6 is 0 Å². The van der Waals surface area contributed by atoms with Gasteiger partial charge in [0.05, 0.1) is 23.8 Å². The molecule has 0 amide bonds. The van der Waals surface area contributed by atoms with Gasteiger partial charge in [-0.25, -0.2) is 4.68 Å². The zero-order valence-corrected chi connectivity index (χ0v) is 12.4. The Morgan fingerprint density at radius 3 is 3.00 bits per heavy atom. The molecule has 0 radical (unpaired) electrons. The van der Waals surface area contributed by atoms with Crippen LogP contribution in [0, 0.1) is 17.0 Å². The van der Waals surface area contributed by atoms with E-state index in [1.807, 2.05) is 13.1 Å². The van der Waals surface area contributed by atoms with E-state index in [4.69, 9.17) is 4.74 Å². The SMILES string of the molecule is Cc1cc([N+](=O)[O-])ccc1-c1cn(CC2CCCCO2)nn1. The van der Waals surface area contributed by atoms with Crippen LogP contribution in [0.4, 0.5) is 5.69 Å². The Labute approximate surface area is 128 Å². The van der Waals surface area contributed by atoms with Gasteiger partial charge < -0.3 is 4.74 Å². The minimum absolute atomic E-state index is 0.0873. The Morgan fingerprint density at radius 2 is 2.32 bits per heavy atom. The molecule has 1 aromatic heterocycles. The summed E-state index contributed by atoms with van der Waals surface area (Å²) in [6.45, 7) is 3.35. The summed E-state index contributed by atoms with van der Waals surface area (Å²) in [7, 11) is 0. The van der Waals surface area contributed by atoms with Crippen molar-refractivity contribution in [3.8, 4) is 11.3 Å². The first-order chi connectivity index (χ1) is 10.6. The van der Waals surface area contributed by atoms with Crippen molar-refractivity contribution in [3.05, 3.63) is 40.1 Å². The van der Waals surface area contributed by atoms with E-state index >= 15 is 0 Å². The molecule has 7 heteroatoms. The van der Waals surface area contributed by atoms with Crippen molar-refractivity contribution in [1.82, 2.24) is 15.0 Å². The molecule has 2 heterocycles. The maximum Gasteiger partial charge on any atom is 0.269 e. The molecular formula is C15H18N4O3. The molecule has 116 valence electrons. The summed E-state index contributed by atoms with van der Waals surface area (Å²) in [5, 5.41) is 19.1. The summed E-state index contributed by atoms with van der Waals surface area (Å²) in [5.41, 5.74) is 2.49. The van der Waals surface area contributed by atoms with Gasteiger partial charge in [-0.05, 0) is 37.8 Å². The van der Waals surface area contributed by atoms with E-state index in [-0.39, 0.29) is 11.8 Å². The second-order valence-electron chi connectivity index (χ2n) is 5.57. The van der Waals surface area contributed by atoms with E-state index in [1.165, 1.54) is 12.5 Å². The average molecular weight is 302 g/mol. The molecule has 0 saturated carbocycles. The van der Waals surface area contributed by atoms with E-state index in [0.29, 0.717) is 6.54 Å². The van der Waals surface area contributed by atoms with Crippen molar-refractivity contribution in [1.29, 1.82) is 0 Å². The third-order valence-corrected chi connectivity index (χ3v) is 3.90. The number of nitro groups is 1. The van der Waals surface area contributed by atoms with Gasteiger partial charge in [0.15, 0.2) is 0 Å². The standard InChI is InChI=1S/C15H18N4O3/c1-11-8-12(19(20)21)5-6-14(11)15-10-18(17-16-15)9-13-4-2-3-7-22-13/h5-6,8,10,13H,2-4,7,9H2,1H3. The quantitative estimate of drug-likeness (QED) is 0.640. The summed E-state index contributed by atoms with van der Waals surface area (Å²) in [4.78, 5) is 10.4. The van der Waals surface area contributed by atoms with Crippen LogP contribution in [0.3, 0.4) is 0 Å². The Morgan fingerprint density at radius 1 is 1.45 bits per heavy atom. The maximum atomic E-state index is 10.8. The van der Waals surface area contributed by atoms with Crippen LogP contribution in [-0.2, 0) is 11.3 Å². The van der Waals surface area contributed by atoms with E-state index in [2.05, 4.69) is 10.3 Å². The van der Waals surface area contributed by atoms with Crippen molar-refractivity contribution in [2.75, 3.05) is 6.61 Å². The molecule has 22 heavy (non-hydrogen) atoms. The highest BCUT2D eigenvalue weighted by Crippen LogP contribution is 2.25. The van der Waals surface area contributed by atoms with Crippen molar-refractivity contribution in [3.63, 3.8) is 0 Å². The molecule has 1 aliphatic heterocycles. The molecule has 0 N–H and O–H groups in total. The predicted molar refractivity (Wildman–Crippen MR) is 80.4 cm³/mol. The summed E-state index contributed by atoms with van der Waals surface area (Å²) >= 11 is 0. The van der Waals surface area contributed by atoms with E-state index < -0.39 is 4.92 Å². The van der Waals surface area contributed by atoms with Crippen molar-refractivity contribution in [2.45, 2.75) is 38.8 Å². The van der Waals surface area contributed by atoms with Gasteiger partial charge in [-0.2, -0.15) is 0 Å². The van der Waals surface area contributed by atoms with Gasteiger partial charge in [-0.3, -0.25) is 10.1 Å². The molecule has 0 spiro atoms. The van der Waals surface area contributed by atoms with E-state index in [0.717, 1.165) is 36.3 Å². The second-order valence-corrected chi connectivity index (χ2v) is 5.57. The largest absolute Gasteiger partial charge is 0.376 e. The zero-order valence-electron chi connectivity index (χ0n) is 12.4. The highest BCUT2D eigenvalue weighted by atomic mass is 16.6. The molecule has 1 unspecified atom stereocenters. The number of benzene rings is 1. The minimum Gasteiger partial charge on any atom is -0.376 e. The van der Waals surface area contributed by atoms with Crippen LogP contribution in [0.1, 0.15) is 24.8 Å². The third-order valence-electron chi connectivity index (χ3n) is 3.90. The van der Waals surface area contributed by atoms with Gasteiger partial charge in [0.25, 0.3) is 5.69 Å². The van der Waals surface area contributed by atoms with Gasteiger partial charge >= 0.3 is 0 Å². The molecule has 3 rings (SSSR count). The zero-order chi connectivity index (χ0) is 15.5. The number of ether oxygens (including phenoxy) is 1. The fourth-order valence-electron chi connectivity index (χ4n) is 2.72. The first-order valence-corrected chi connectivity index (χ1v) is 7.40. The molecule has 7 nitrogen and oxygen atoms in total. The average Bonchev–Trinajstić information content (AvgIpc) is 2.96. The number of nitro benzene ring substituents is 1. The summed E-state index contributed by atoms with van der Waals surface area (Å²) in [6, 6.07) is 4.77. The number of aromatic nitrogens is 3. The Bertz CT molecular complexity index is 677. The summed E-state index contributed by atoms with van der Waals surface area (Å²) in [5.74, 6) is 0. The Kier molecular flexibility index (Phi) is 4.15. The Hall–Kier alpha value is -2.28. The van der Waals surface area contributed by atoms with Gasteiger partial charge in [0.1, 0.15) is 5.69 Å². The highest BCUT2D eigenvalue weighted by molar-refractivity contribution is 5.64. The maximum absolute atomic E-state index is 10.8. The van der Waals surface area contributed by atoms with Crippen LogP contribution in [0.2, 0.25) is 0 Å². The summed E-state index contributed by atoms with van der Waals surface area (Å²) < 4.78 is 7.48. The van der Waals surface area contributed by atoms with Gasteiger partial charge in [-0.15, -0.1) is 5.10 Å². The predicted octanol–water partition coefficient (Wildman–Crippen LogP) is 2.73. The number of hydrogen-bond donors (Lipinski definition) is 0. The molecule has 1 aliphatic rings. The van der Waals surface area contributed by atoms with E-state index in [1.54, 1.807) is 16.8 Å². The van der Waals surface area contributed by atoms with Gasteiger partial charge in [0, 0.05) is 24.3 Å². The molecular weight excluding hydrogens is 284 g/mol. The fraction of sp³-hybridized carbons (Fsp3) is 0.467. The monoisotopic (exact) mass is 302 g/mol. The van der Waals surface area contributed by atoms with Crippen LogP contribution in [-0.4, -0.2) is 32.6 Å². The molecule has 0 bridgehead atoms. The van der Waals surface area contributed by atoms with Gasteiger partial charge in [-0.1, -0.05) is 5.21 Å². The number of hydrogen-bond acceptors (Lipinski definition) is 5. The van der Waals surface area contributed by atoms with Crippen molar-refractivity contribution < 1.29 is 9.66 Å². The van der Waals surface area contributed by atoms with Gasteiger partial charge in [0.2, 0.25) is 0 Å². The lowest BCUT2D eigenvalue weighted by Crippen LogP contribution is -2.24. The number of nitrogens with zero attached hydrogens (tertiary/aromatic N) is 4. The van der Waals surface area contributed by atoms with Crippen molar-refractivity contribution >= 4 is 5.69 Å². The second kappa shape index (κ2) is 6.23. The first-order valence-electron chi connectivity index (χ1n) is 7.40. The van der Waals surface area contributed by atoms with Crippen LogP contribution < -0.4 is 0 Å². The fourth-order valence-corrected chi connectivity index (χ4v) is 2.72. The third kappa shape index (κ3) is 3.14. The first kappa shape index (κ1) is 14.6. The topological polar surface area (TPSA) is 83.1 Å². The molecule has 1 fully saturated rings. The lowest BCUT2D eigenvalue weighted by atomic mass is 10.1. The lowest BCUT2D eigenvalue weighted by Gasteiger charge is -2.21. The molecule has 1 atom stereocenters. The van der Waals surface area contributed by atoms with Crippen molar-refractivity contribution in [2.24, 2.45) is 0 Å². The lowest BCUT2D eigenvalue weighted by molar-refractivity contribution is -0.384. The van der Waals surface area contributed by atoms with E-state index in [9.17, 15) is 10.1 Å². The highest BCUT2D eigenvalue weighted by Gasteiger charge is 2.16. The van der Waals surface area contributed by atoms with Crippen LogP contribution in [0.5, 0.6) is 0 Å². The van der Waals surface area contributed by atoms with Crippen LogP contribution in [0.15, 0.2) is 24.4 Å². The summed E-state index contributed by atoms with van der Waals surface area (Å²) in [6.07, 6.45) is 5.42. The molecule has 2 aromatic rings. The molecule has 0 aliphatic carbocycles. The normalized spacial score (nSPS) is 18.3. The number of aryl methyl sites for hydroxylation is 1. The smallest absolute Gasteiger partial charge is 0.269 e. The van der Waals surface area contributed by atoms with Crippen LogP contribution in [0.25, 0.3) is 11.3 Å².